The number of halogens is 2. The van der Waals surface area contributed by atoms with E-state index in [1.54, 1.807) is 36.0 Å². The Morgan fingerprint density at radius 2 is 1.72 bits per heavy atom. The average molecular weight is 389 g/mol. The van der Waals surface area contributed by atoms with E-state index in [9.17, 15) is 4.79 Å². The molecule has 0 fully saturated rings. The smallest absolute Gasteiger partial charge is 0.168 e. The number of benzene rings is 2. The number of nitrogens with zero attached hydrogens (tertiary/aromatic N) is 2. The van der Waals surface area contributed by atoms with E-state index >= 15 is 0 Å². The molecule has 0 aromatic heterocycles. The van der Waals surface area contributed by atoms with Crippen LogP contribution in [0.4, 0.5) is 0 Å². The van der Waals surface area contributed by atoms with Gasteiger partial charge in [-0.15, -0.1) is 0 Å². The van der Waals surface area contributed by atoms with Crippen molar-refractivity contribution < 1.29 is 4.79 Å². The normalized spacial score (nSPS) is 21.4. The molecule has 2 aromatic rings. The topological polar surface area (TPSA) is 32.7 Å². The van der Waals surface area contributed by atoms with Gasteiger partial charge in [-0.2, -0.15) is 0 Å². The summed E-state index contributed by atoms with van der Waals surface area (Å²) in [5, 5.41) is 4.22. The van der Waals surface area contributed by atoms with Gasteiger partial charge in [-0.1, -0.05) is 47.1 Å². The van der Waals surface area contributed by atoms with Crippen LogP contribution >= 0.6 is 35.0 Å². The average Bonchev–Trinajstić information content (AvgIpc) is 3.15. The minimum absolute atomic E-state index is 0.0473. The van der Waals surface area contributed by atoms with Crippen LogP contribution in [-0.2, 0) is 5.54 Å². The number of thioether (sulfide) groups is 1. The molecule has 0 saturated heterocycles. The van der Waals surface area contributed by atoms with Crippen molar-refractivity contribution in [2.24, 2.45) is 4.99 Å². The van der Waals surface area contributed by atoms with Gasteiger partial charge in [0.1, 0.15) is 5.54 Å². The number of hydrogen-bond donors (Lipinski definition) is 0. The second-order valence-corrected chi connectivity index (χ2v) is 7.82. The van der Waals surface area contributed by atoms with Crippen LogP contribution in [0.15, 0.2) is 65.1 Å². The van der Waals surface area contributed by atoms with E-state index in [0.29, 0.717) is 28.6 Å². The highest BCUT2D eigenvalue weighted by Gasteiger charge is 2.43. The highest BCUT2D eigenvalue weighted by Crippen LogP contribution is 2.41. The molecule has 0 aliphatic carbocycles. The minimum Gasteiger partial charge on any atom is -0.324 e. The van der Waals surface area contributed by atoms with Crippen LogP contribution in [0.3, 0.4) is 0 Å². The molecule has 0 bridgehead atoms. The summed E-state index contributed by atoms with van der Waals surface area (Å²) in [6.07, 6.45) is 2.30. The highest BCUT2D eigenvalue weighted by molar-refractivity contribution is 8.16. The number of aliphatic imine (C=N–C) groups is 1. The summed E-state index contributed by atoms with van der Waals surface area (Å²) >= 11 is 13.5. The molecular weight excluding hydrogens is 375 g/mol. The number of fused-ring (bicyclic) bond motifs is 1. The molecule has 2 aliphatic rings. The maximum Gasteiger partial charge on any atom is 0.168 e. The van der Waals surface area contributed by atoms with Crippen molar-refractivity contribution in [2.45, 2.75) is 12.0 Å². The molecule has 2 aromatic carbocycles. The number of carbonyl (C=O) groups is 1. The van der Waals surface area contributed by atoms with Crippen molar-refractivity contribution in [3.05, 3.63) is 81.3 Å². The summed E-state index contributed by atoms with van der Waals surface area (Å²) in [5.41, 5.74) is 1.04. The number of Topliss-reactive ketones (excluding diaryl/α,β-unsaturated/α-hetero) is 1. The molecule has 0 amide bonds. The fraction of sp³-hybridized carbons (Fsp3) is 0.158. The monoisotopic (exact) mass is 388 g/mol. The molecule has 3 nitrogen and oxygen atoms in total. The number of carbonyl (C=O) groups excluding carboxylic acids is 1. The first-order valence-corrected chi connectivity index (χ1v) is 9.44. The van der Waals surface area contributed by atoms with E-state index in [2.05, 4.69) is 4.90 Å². The van der Waals surface area contributed by atoms with Crippen LogP contribution in [0, 0.1) is 0 Å². The lowest BCUT2D eigenvalue weighted by molar-refractivity contribution is 0.0950. The van der Waals surface area contributed by atoms with Gasteiger partial charge < -0.3 is 4.90 Å². The zero-order valence-electron chi connectivity index (χ0n) is 13.2. The third kappa shape index (κ3) is 3.22. The number of hydrogen-bond acceptors (Lipinski definition) is 4. The highest BCUT2D eigenvalue weighted by atomic mass is 35.5. The van der Waals surface area contributed by atoms with Crippen LogP contribution in [-0.4, -0.2) is 22.4 Å². The lowest BCUT2D eigenvalue weighted by atomic mass is 9.84. The van der Waals surface area contributed by atoms with Crippen molar-refractivity contribution in [3.63, 3.8) is 0 Å². The van der Waals surface area contributed by atoms with Gasteiger partial charge in [0.2, 0.25) is 0 Å². The number of ketones is 1. The van der Waals surface area contributed by atoms with Gasteiger partial charge in [0.15, 0.2) is 11.0 Å². The summed E-state index contributed by atoms with van der Waals surface area (Å²) in [6.45, 7) is 0.646. The van der Waals surface area contributed by atoms with E-state index in [1.807, 2.05) is 35.9 Å². The number of amidine groups is 1. The zero-order chi connectivity index (χ0) is 17.4. The predicted octanol–water partition coefficient (Wildman–Crippen LogP) is 5.35. The van der Waals surface area contributed by atoms with E-state index < -0.39 is 5.54 Å². The Morgan fingerprint density at radius 3 is 2.36 bits per heavy atom. The molecule has 6 heteroatoms. The molecule has 25 heavy (non-hydrogen) atoms. The summed E-state index contributed by atoms with van der Waals surface area (Å²) in [4.78, 5) is 19.9. The third-order valence-corrected chi connectivity index (χ3v) is 5.70. The lowest BCUT2D eigenvalue weighted by Gasteiger charge is -2.27. The Bertz CT molecular complexity index is 877. The van der Waals surface area contributed by atoms with E-state index in [4.69, 9.17) is 28.2 Å². The second-order valence-electron chi connectivity index (χ2n) is 6.07. The number of rotatable bonds is 4. The standard InChI is InChI=1S/C19H14Cl2N2OS/c20-15-5-1-13(2-6-15)17(24)11-19(14-3-7-16(21)8-4-14)12-23-9-10-25-18(23)22-19/h1-10H,11-12H2. The summed E-state index contributed by atoms with van der Waals surface area (Å²) in [5.74, 6) is 0.0473. The molecule has 0 spiro atoms. The molecule has 4 rings (SSSR count). The molecule has 126 valence electrons. The second kappa shape index (κ2) is 6.52. The van der Waals surface area contributed by atoms with Crippen LogP contribution in [0.5, 0.6) is 0 Å². The van der Waals surface area contributed by atoms with Crippen molar-refractivity contribution in [2.75, 3.05) is 6.54 Å². The SMILES string of the molecule is O=C(CC1(c2ccc(Cl)cc2)CN2C=CSC2=N1)c1ccc(Cl)cc1. The third-order valence-electron chi connectivity index (χ3n) is 4.40. The van der Waals surface area contributed by atoms with Crippen LogP contribution < -0.4 is 0 Å². The maximum atomic E-state index is 12.9. The maximum absolute atomic E-state index is 12.9. The quantitative estimate of drug-likeness (QED) is 0.661. The van der Waals surface area contributed by atoms with Gasteiger partial charge in [0.25, 0.3) is 0 Å². The molecule has 1 atom stereocenters. The lowest BCUT2D eigenvalue weighted by Crippen LogP contribution is -2.33. The Morgan fingerprint density at radius 1 is 1.08 bits per heavy atom. The van der Waals surface area contributed by atoms with Crippen LogP contribution in [0.1, 0.15) is 22.3 Å². The molecule has 0 radical (unpaired) electrons. The van der Waals surface area contributed by atoms with Crippen molar-refractivity contribution in [1.82, 2.24) is 4.90 Å². The van der Waals surface area contributed by atoms with Gasteiger partial charge in [0, 0.05) is 28.2 Å². The molecule has 2 heterocycles. The van der Waals surface area contributed by atoms with Crippen molar-refractivity contribution in [3.8, 4) is 0 Å². The van der Waals surface area contributed by atoms with E-state index in [-0.39, 0.29) is 5.78 Å². The molecule has 2 aliphatic heterocycles. The Labute approximate surface area is 160 Å². The van der Waals surface area contributed by atoms with Gasteiger partial charge in [-0.25, -0.2) is 4.99 Å². The molecular formula is C19H14Cl2N2OS. The first kappa shape index (κ1) is 16.7. The predicted molar refractivity (Wildman–Crippen MR) is 104 cm³/mol. The fourth-order valence-electron chi connectivity index (χ4n) is 3.12. The van der Waals surface area contributed by atoms with Gasteiger partial charge in [-0.05, 0) is 47.4 Å². The van der Waals surface area contributed by atoms with Gasteiger partial charge in [-0.3, -0.25) is 4.79 Å². The van der Waals surface area contributed by atoms with Crippen LogP contribution in [0.2, 0.25) is 10.0 Å². The summed E-state index contributed by atoms with van der Waals surface area (Å²) in [6, 6.07) is 14.6. The fourth-order valence-corrected chi connectivity index (χ4v) is 4.19. The molecule has 0 N–H and O–H groups in total. The summed E-state index contributed by atoms with van der Waals surface area (Å²) < 4.78 is 0. The zero-order valence-corrected chi connectivity index (χ0v) is 15.5. The minimum atomic E-state index is -0.603. The van der Waals surface area contributed by atoms with Crippen molar-refractivity contribution >= 4 is 45.9 Å². The van der Waals surface area contributed by atoms with Gasteiger partial charge >= 0.3 is 0 Å². The van der Waals surface area contributed by atoms with E-state index in [1.165, 1.54) is 0 Å². The first-order valence-electron chi connectivity index (χ1n) is 7.80. The Hall–Kier alpha value is -1.75. The first-order chi connectivity index (χ1) is 12.1. The van der Waals surface area contributed by atoms with Crippen molar-refractivity contribution in [1.29, 1.82) is 0 Å². The van der Waals surface area contributed by atoms with E-state index in [0.717, 1.165) is 10.7 Å². The molecule has 0 saturated carbocycles. The largest absolute Gasteiger partial charge is 0.324 e. The van der Waals surface area contributed by atoms with Crippen LogP contribution in [0.25, 0.3) is 0 Å². The summed E-state index contributed by atoms with van der Waals surface area (Å²) in [7, 11) is 0. The Kier molecular flexibility index (Phi) is 4.36. The Balaban J connectivity index is 1.69. The molecule has 1 unspecified atom stereocenters. The van der Waals surface area contributed by atoms with Gasteiger partial charge in [0.05, 0.1) is 6.54 Å².